The maximum atomic E-state index is 6.28. The molecule has 1 N–H and O–H groups in total. The van der Waals surface area contributed by atoms with Crippen molar-refractivity contribution in [3.05, 3.63) is 70.9 Å². The molecule has 4 aromatic rings. The van der Waals surface area contributed by atoms with Gasteiger partial charge in [-0.15, -0.1) is 0 Å². The normalized spacial score (nSPS) is 12.5. The van der Waals surface area contributed by atoms with Crippen molar-refractivity contribution in [1.82, 2.24) is 9.38 Å². The van der Waals surface area contributed by atoms with Crippen LogP contribution in [0.25, 0.3) is 16.9 Å². The molecule has 0 amide bonds. The van der Waals surface area contributed by atoms with Crippen LogP contribution >= 0.6 is 11.6 Å². The Hall–Kier alpha value is -3.18. The number of para-hydroxylation sites is 1. The van der Waals surface area contributed by atoms with E-state index in [1.165, 1.54) is 0 Å². The number of fused-ring (bicyclic) bond motifs is 2. The summed E-state index contributed by atoms with van der Waals surface area (Å²) in [6.07, 6.45) is 1.87. The van der Waals surface area contributed by atoms with Crippen LogP contribution in [-0.4, -0.2) is 16.2 Å². The van der Waals surface area contributed by atoms with Crippen LogP contribution in [-0.2, 0) is 0 Å². The van der Waals surface area contributed by atoms with Crippen molar-refractivity contribution in [1.29, 1.82) is 0 Å². The van der Waals surface area contributed by atoms with E-state index in [2.05, 4.69) is 37.4 Å². The number of halogens is 1. The summed E-state index contributed by atoms with van der Waals surface area (Å²) in [5.41, 5.74) is 5.96. The number of nitrogens with one attached hydrogen (secondary N) is 1. The highest BCUT2D eigenvalue weighted by atomic mass is 35.5. The molecule has 0 unspecified atom stereocenters. The maximum absolute atomic E-state index is 6.28. The highest BCUT2D eigenvalue weighted by Crippen LogP contribution is 2.39. The van der Waals surface area contributed by atoms with Crippen LogP contribution in [0.3, 0.4) is 0 Å². The molecular weight excluding hydrogens is 374 g/mol. The number of anilines is 2. The summed E-state index contributed by atoms with van der Waals surface area (Å²) >= 11 is 6.28. The van der Waals surface area contributed by atoms with Crippen LogP contribution in [0.1, 0.15) is 11.1 Å². The van der Waals surface area contributed by atoms with Gasteiger partial charge < -0.3 is 14.8 Å². The lowest BCUT2D eigenvalue weighted by Crippen LogP contribution is -2.00. The van der Waals surface area contributed by atoms with Crippen molar-refractivity contribution in [3.8, 4) is 22.8 Å². The minimum absolute atomic E-state index is 0.243. The molecule has 140 valence electrons. The second-order valence-corrected chi connectivity index (χ2v) is 7.28. The molecule has 1 aliphatic rings. The van der Waals surface area contributed by atoms with E-state index >= 15 is 0 Å². The van der Waals surface area contributed by atoms with Crippen molar-refractivity contribution in [2.75, 3.05) is 12.1 Å². The Kier molecular flexibility index (Phi) is 3.91. The second kappa shape index (κ2) is 6.46. The van der Waals surface area contributed by atoms with Crippen LogP contribution in [0.5, 0.6) is 11.5 Å². The number of rotatable bonds is 3. The molecule has 28 heavy (non-hydrogen) atoms. The molecule has 0 saturated carbocycles. The zero-order valence-corrected chi connectivity index (χ0v) is 16.2. The van der Waals surface area contributed by atoms with Crippen molar-refractivity contribution in [2.45, 2.75) is 13.8 Å². The topological polar surface area (TPSA) is 47.8 Å². The monoisotopic (exact) mass is 391 g/mol. The molecule has 5 nitrogen and oxygen atoms in total. The predicted molar refractivity (Wildman–Crippen MR) is 111 cm³/mol. The summed E-state index contributed by atoms with van der Waals surface area (Å²) in [6.45, 7) is 4.42. The predicted octanol–water partition coefficient (Wildman–Crippen LogP) is 5.74. The summed E-state index contributed by atoms with van der Waals surface area (Å²) in [4.78, 5) is 4.85. The molecule has 0 saturated heterocycles. The van der Waals surface area contributed by atoms with Crippen LogP contribution in [0.15, 0.2) is 54.7 Å². The Balaban J connectivity index is 1.72. The zero-order valence-electron chi connectivity index (χ0n) is 15.5. The fourth-order valence-electron chi connectivity index (χ4n) is 3.51. The lowest BCUT2D eigenvalue weighted by atomic mass is 10.1. The average Bonchev–Trinajstić information content (AvgIpc) is 3.28. The van der Waals surface area contributed by atoms with Gasteiger partial charge in [-0.2, -0.15) is 0 Å². The Morgan fingerprint density at radius 1 is 1.00 bits per heavy atom. The van der Waals surface area contributed by atoms with E-state index in [-0.39, 0.29) is 6.79 Å². The Labute approximate surface area is 167 Å². The lowest BCUT2D eigenvalue weighted by molar-refractivity contribution is 0.174. The minimum Gasteiger partial charge on any atom is -0.454 e. The molecule has 0 aliphatic carbocycles. The van der Waals surface area contributed by atoms with Crippen LogP contribution in [0.4, 0.5) is 11.5 Å². The van der Waals surface area contributed by atoms with E-state index in [0.717, 1.165) is 51.0 Å². The van der Waals surface area contributed by atoms with Crippen molar-refractivity contribution in [3.63, 3.8) is 0 Å². The molecule has 5 rings (SSSR count). The molecule has 0 fully saturated rings. The van der Waals surface area contributed by atoms with Crippen molar-refractivity contribution in [2.24, 2.45) is 0 Å². The van der Waals surface area contributed by atoms with Gasteiger partial charge in [0, 0.05) is 17.4 Å². The number of hydrogen-bond acceptors (Lipinski definition) is 4. The molecule has 6 heteroatoms. The summed E-state index contributed by atoms with van der Waals surface area (Å²) in [7, 11) is 0. The van der Waals surface area contributed by atoms with E-state index in [1.807, 2.05) is 40.9 Å². The van der Waals surface area contributed by atoms with Gasteiger partial charge in [0.25, 0.3) is 0 Å². The quantitative estimate of drug-likeness (QED) is 0.483. The van der Waals surface area contributed by atoms with Gasteiger partial charge in [0.15, 0.2) is 11.5 Å². The Morgan fingerprint density at radius 2 is 1.79 bits per heavy atom. The number of pyridine rings is 1. The third-order valence-electron chi connectivity index (χ3n) is 4.95. The van der Waals surface area contributed by atoms with Crippen molar-refractivity contribution >= 4 is 28.8 Å². The van der Waals surface area contributed by atoms with E-state index in [0.29, 0.717) is 5.02 Å². The SMILES string of the molecule is Cc1cccc(C)c1Nc1c(-c2ccc3c(c2)OCO3)nc2ccc(Cl)cn12. The van der Waals surface area contributed by atoms with E-state index < -0.39 is 0 Å². The number of nitrogens with zero attached hydrogens (tertiary/aromatic N) is 2. The lowest BCUT2D eigenvalue weighted by Gasteiger charge is -2.14. The van der Waals surface area contributed by atoms with Crippen LogP contribution < -0.4 is 14.8 Å². The summed E-state index contributed by atoms with van der Waals surface area (Å²) < 4.78 is 13.0. The third-order valence-corrected chi connectivity index (χ3v) is 5.18. The van der Waals surface area contributed by atoms with E-state index in [4.69, 9.17) is 26.1 Å². The number of aromatic nitrogens is 2. The summed E-state index contributed by atoms with van der Waals surface area (Å²) in [5.74, 6) is 2.33. The number of imidazole rings is 1. The van der Waals surface area contributed by atoms with Crippen molar-refractivity contribution < 1.29 is 9.47 Å². The molecule has 2 aromatic carbocycles. The number of benzene rings is 2. The molecule has 0 atom stereocenters. The molecule has 0 spiro atoms. The molecule has 0 radical (unpaired) electrons. The molecule has 0 bridgehead atoms. The zero-order chi connectivity index (χ0) is 19.3. The van der Waals surface area contributed by atoms with Gasteiger partial charge in [-0.3, -0.25) is 4.40 Å². The number of ether oxygens (including phenoxy) is 2. The van der Waals surface area contributed by atoms with Gasteiger partial charge in [-0.05, 0) is 55.3 Å². The van der Waals surface area contributed by atoms with Gasteiger partial charge >= 0.3 is 0 Å². The van der Waals surface area contributed by atoms with Gasteiger partial charge in [0.2, 0.25) is 6.79 Å². The summed E-state index contributed by atoms with van der Waals surface area (Å²) in [5, 5.41) is 4.24. The van der Waals surface area contributed by atoms with Gasteiger partial charge in [-0.25, -0.2) is 4.98 Å². The molecule has 1 aliphatic heterocycles. The summed E-state index contributed by atoms with van der Waals surface area (Å²) in [6, 6.07) is 15.9. The Bertz CT molecular complexity index is 1200. The van der Waals surface area contributed by atoms with Crippen LogP contribution in [0.2, 0.25) is 5.02 Å². The first kappa shape index (κ1) is 17.0. The van der Waals surface area contributed by atoms with E-state index in [9.17, 15) is 0 Å². The van der Waals surface area contributed by atoms with Gasteiger partial charge in [0.1, 0.15) is 17.2 Å². The smallest absolute Gasteiger partial charge is 0.231 e. The maximum Gasteiger partial charge on any atom is 0.231 e. The van der Waals surface area contributed by atoms with Gasteiger partial charge in [-0.1, -0.05) is 29.8 Å². The first-order valence-corrected chi connectivity index (χ1v) is 9.39. The Morgan fingerprint density at radius 3 is 2.61 bits per heavy atom. The first-order valence-electron chi connectivity index (χ1n) is 9.01. The van der Waals surface area contributed by atoms with E-state index in [1.54, 1.807) is 0 Å². The minimum atomic E-state index is 0.243. The molecule has 3 heterocycles. The highest BCUT2D eigenvalue weighted by Gasteiger charge is 2.20. The standard InChI is InChI=1S/C22H18ClN3O2/c1-13-4-3-5-14(2)20(13)25-22-21(24-19-9-7-16(23)11-26(19)22)15-6-8-17-18(10-15)28-12-27-17/h3-11,25H,12H2,1-2H3. The first-order chi connectivity index (χ1) is 13.6. The third kappa shape index (κ3) is 2.75. The molecule has 2 aromatic heterocycles. The highest BCUT2D eigenvalue weighted by molar-refractivity contribution is 6.30. The van der Waals surface area contributed by atoms with Gasteiger partial charge in [0.05, 0.1) is 5.02 Å². The number of aryl methyl sites for hydroxylation is 2. The molecular formula is C22H18ClN3O2. The fraction of sp³-hybridized carbons (Fsp3) is 0.136. The average molecular weight is 392 g/mol. The fourth-order valence-corrected chi connectivity index (χ4v) is 3.67. The largest absolute Gasteiger partial charge is 0.454 e. The number of hydrogen-bond donors (Lipinski definition) is 1. The second-order valence-electron chi connectivity index (χ2n) is 6.84. The van der Waals surface area contributed by atoms with Crippen LogP contribution in [0, 0.1) is 13.8 Å².